The molecule has 0 aromatic heterocycles. The number of hydrogen-bond acceptors (Lipinski definition) is 2. The molecule has 0 saturated heterocycles. The molecule has 2 rings (SSSR count). The molecule has 2 nitrogen and oxygen atoms in total. The third-order valence-electron chi connectivity index (χ3n) is 3.66. The molecule has 0 amide bonds. The second-order valence-corrected chi connectivity index (χ2v) is 7.08. The van der Waals surface area contributed by atoms with E-state index in [9.17, 15) is 9.00 Å². The molecule has 0 spiro atoms. The van der Waals surface area contributed by atoms with Gasteiger partial charge in [-0.05, 0) is 31.9 Å². The number of rotatable bonds is 5. The van der Waals surface area contributed by atoms with Gasteiger partial charge in [-0.2, -0.15) is 0 Å². The van der Waals surface area contributed by atoms with E-state index >= 15 is 0 Å². The Labute approximate surface area is 128 Å². The van der Waals surface area contributed by atoms with Gasteiger partial charge in [0.15, 0.2) is 5.78 Å². The van der Waals surface area contributed by atoms with Crippen LogP contribution in [-0.2, 0) is 16.6 Å². The van der Waals surface area contributed by atoms with Crippen molar-refractivity contribution >= 4 is 16.6 Å². The number of hydrogen-bond donors (Lipinski definition) is 0. The maximum atomic E-state index is 12.4. The minimum Gasteiger partial charge on any atom is -0.293 e. The molecule has 21 heavy (non-hydrogen) atoms. The minimum absolute atomic E-state index is 0.0538. The second kappa shape index (κ2) is 6.81. The highest BCUT2D eigenvalue weighted by atomic mass is 32.2. The standard InChI is InChI=1S/C18H20O2S/c1-13-8-10-16(11-9-13)18(19)15(3)21(20)12-17-7-5-4-6-14(17)2/h4-11,15H,12H2,1-3H3. The lowest BCUT2D eigenvalue weighted by Gasteiger charge is -2.12. The zero-order chi connectivity index (χ0) is 15.4. The molecule has 2 aromatic rings. The molecule has 2 unspecified atom stereocenters. The molecule has 3 heteroatoms. The Balaban J connectivity index is 2.10. The molecule has 2 atom stereocenters. The third-order valence-corrected chi connectivity index (χ3v) is 5.26. The first-order valence-electron chi connectivity index (χ1n) is 7.01. The van der Waals surface area contributed by atoms with Crippen LogP contribution in [-0.4, -0.2) is 15.2 Å². The summed E-state index contributed by atoms with van der Waals surface area (Å²) >= 11 is 0. The summed E-state index contributed by atoms with van der Waals surface area (Å²) in [6.07, 6.45) is 0. The van der Waals surface area contributed by atoms with Gasteiger partial charge in [0.25, 0.3) is 0 Å². The van der Waals surface area contributed by atoms with Crippen LogP contribution in [0.1, 0.15) is 34.0 Å². The monoisotopic (exact) mass is 300 g/mol. The van der Waals surface area contributed by atoms with Crippen molar-refractivity contribution < 1.29 is 9.00 Å². The van der Waals surface area contributed by atoms with Crippen molar-refractivity contribution in [1.82, 2.24) is 0 Å². The van der Waals surface area contributed by atoms with Crippen LogP contribution in [0.5, 0.6) is 0 Å². The minimum atomic E-state index is -1.21. The van der Waals surface area contributed by atoms with Gasteiger partial charge in [0, 0.05) is 22.1 Å². The van der Waals surface area contributed by atoms with E-state index in [1.165, 1.54) is 0 Å². The quantitative estimate of drug-likeness (QED) is 0.787. The van der Waals surface area contributed by atoms with Crippen molar-refractivity contribution in [2.75, 3.05) is 0 Å². The van der Waals surface area contributed by atoms with E-state index in [0.717, 1.165) is 16.7 Å². The molecule has 0 aliphatic heterocycles. The number of ketones is 1. The maximum absolute atomic E-state index is 12.4. The van der Waals surface area contributed by atoms with Crippen LogP contribution in [0.4, 0.5) is 0 Å². The molecule has 0 bridgehead atoms. The van der Waals surface area contributed by atoms with Crippen LogP contribution in [0.2, 0.25) is 0 Å². The zero-order valence-corrected chi connectivity index (χ0v) is 13.4. The van der Waals surface area contributed by atoms with Crippen LogP contribution < -0.4 is 0 Å². The molecular formula is C18H20O2S. The SMILES string of the molecule is Cc1ccc(C(=O)C(C)S(=O)Cc2ccccc2C)cc1. The molecular weight excluding hydrogens is 280 g/mol. The number of carbonyl (C=O) groups excluding carboxylic acids is 1. The predicted octanol–water partition coefficient (Wildman–Crippen LogP) is 3.82. The van der Waals surface area contributed by atoms with Gasteiger partial charge in [-0.25, -0.2) is 0 Å². The van der Waals surface area contributed by atoms with Crippen LogP contribution in [0.3, 0.4) is 0 Å². The Hall–Kier alpha value is -1.74. The van der Waals surface area contributed by atoms with Gasteiger partial charge >= 0.3 is 0 Å². The number of benzene rings is 2. The van der Waals surface area contributed by atoms with E-state index in [2.05, 4.69) is 0 Å². The first-order chi connectivity index (χ1) is 9.99. The summed E-state index contributed by atoms with van der Waals surface area (Å²) in [5.41, 5.74) is 3.90. The Morgan fingerprint density at radius 1 is 1.05 bits per heavy atom. The van der Waals surface area contributed by atoms with E-state index in [4.69, 9.17) is 0 Å². The highest BCUT2D eigenvalue weighted by molar-refractivity contribution is 7.85. The topological polar surface area (TPSA) is 34.1 Å². The Bertz CT molecular complexity index is 659. The van der Waals surface area contributed by atoms with Gasteiger partial charge in [0.2, 0.25) is 0 Å². The van der Waals surface area contributed by atoms with Crippen molar-refractivity contribution in [3.63, 3.8) is 0 Å². The molecule has 0 saturated carbocycles. The highest BCUT2D eigenvalue weighted by Crippen LogP contribution is 2.15. The van der Waals surface area contributed by atoms with Gasteiger partial charge in [-0.1, -0.05) is 54.1 Å². The van der Waals surface area contributed by atoms with E-state index in [0.29, 0.717) is 11.3 Å². The van der Waals surface area contributed by atoms with Crippen molar-refractivity contribution in [3.05, 3.63) is 70.8 Å². The number of Topliss-reactive ketones (excluding diaryl/α,β-unsaturated/α-hetero) is 1. The van der Waals surface area contributed by atoms with Gasteiger partial charge in [0.1, 0.15) is 0 Å². The van der Waals surface area contributed by atoms with Crippen molar-refractivity contribution in [2.45, 2.75) is 31.8 Å². The summed E-state index contributed by atoms with van der Waals surface area (Å²) in [5, 5.41) is -0.493. The second-order valence-electron chi connectivity index (χ2n) is 5.32. The van der Waals surface area contributed by atoms with Gasteiger partial charge in [-0.15, -0.1) is 0 Å². The van der Waals surface area contributed by atoms with Crippen molar-refractivity contribution in [2.24, 2.45) is 0 Å². The van der Waals surface area contributed by atoms with Gasteiger partial charge in [-0.3, -0.25) is 9.00 Å². The maximum Gasteiger partial charge on any atom is 0.178 e. The number of aryl methyl sites for hydroxylation is 2. The van der Waals surface area contributed by atoms with E-state index < -0.39 is 16.0 Å². The Kier molecular flexibility index (Phi) is 5.07. The molecule has 0 heterocycles. The summed E-state index contributed by atoms with van der Waals surface area (Å²) in [6.45, 7) is 5.73. The molecule has 110 valence electrons. The van der Waals surface area contributed by atoms with Crippen LogP contribution in [0, 0.1) is 13.8 Å². The fourth-order valence-corrected chi connectivity index (χ4v) is 3.38. The molecule has 0 aliphatic carbocycles. The van der Waals surface area contributed by atoms with Crippen molar-refractivity contribution in [3.8, 4) is 0 Å². The summed E-state index contributed by atoms with van der Waals surface area (Å²) in [4.78, 5) is 12.4. The van der Waals surface area contributed by atoms with Crippen LogP contribution in [0.25, 0.3) is 0 Å². The third kappa shape index (κ3) is 3.88. The van der Waals surface area contributed by atoms with E-state index in [1.54, 1.807) is 19.1 Å². The largest absolute Gasteiger partial charge is 0.293 e. The predicted molar refractivity (Wildman–Crippen MR) is 88.0 cm³/mol. The normalized spacial score (nSPS) is 13.7. The first-order valence-corrected chi connectivity index (χ1v) is 8.40. The van der Waals surface area contributed by atoms with Crippen LogP contribution >= 0.6 is 0 Å². The Morgan fingerprint density at radius 2 is 1.67 bits per heavy atom. The molecule has 0 fully saturated rings. The Morgan fingerprint density at radius 3 is 2.29 bits per heavy atom. The molecule has 0 aliphatic rings. The lowest BCUT2D eigenvalue weighted by atomic mass is 10.1. The smallest absolute Gasteiger partial charge is 0.178 e. The van der Waals surface area contributed by atoms with Gasteiger partial charge in [0.05, 0.1) is 5.25 Å². The fourth-order valence-electron chi connectivity index (χ4n) is 2.12. The van der Waals surface area contributed by atoms with E-state index in [-0.39, 0.29) is 5.78 Å². The van der Waals surface area contributed by atoms with E-state index in [1.807, 2.05) is 50.2 Å². The lowest BCUT2D eigenvalue weighted by Crippen LogP contribution is -2.24. The number of carbonyl (C=O) groups is 1. The van der Waals surface area contributed by atoms with Gasteiger partial charge < -0.3 is 0 Å². The summed E-state index contributed by atoms with van der Waals surface area (Å²) in [7, 11) is -1.21. The molecule has 0 radical (unpaired) electrons. The first kappa shape index (κ1) is 15.6. The molecule has 2 aromatic carbocycles. The lowest BCUT2D eigenvalue weighted by molar-refractivity contribution is 0.0992. The summed E-state index contributed by atoms with van der Waals surface area (Å²) < 4.78 is 12.4. The average molecular weight is 300 g/mol. The highest BCUT2D eigenvalue weighted by Gasteiger charge is 2.21. The summed E-state index contributed by atoms with van der Waals surface area (Å²) in [5.74, 6) is 0.368. The zero-order valence-electron chi connectivity index (χ0n) is 12.6. The average Bonchev–Trinajstić information content (AvgIpc) is 2.49. The molecule has 0 N–H and O–H groups in total. The van der Waals surface area contributed by atoms with Crippen molar-refractivity contribution in [1.29, 1.82) is 0 Å². The van der Waals surface area contributed by atoms with Crippen LogP contribution in [0.15, 0.2) is 48.5 Å². The fraction of sp³-hybridized carbons (Fsp3) is 0.278. The summed E-state index contributed by atoms with van der Waals surface area (Å²) in [6, 6.07) is 15.3.